The number of ether oxygens (including phenoxy) is 1. The van der Waals surface area contributed by atoms with Crippen LogP contribution in [0.4, 0.5) is 18.9 Å². The first-order valence-corrected chi connectivity index (χ1v) is 7.09. The van der Waals surface area contributed by atoms with Crippen molar-refractivity contribution in [3.63, 3.8) is 0 Å². The second kappa shape index (κ2) is 8.00. The molecule has 1 aliphatic heterocycles. The summed E-state index contributed by atoms with van der Waals surface area (Å²) in [4.78, 5) is 26.2. The van der Waals surface area contributed by atoms with Gasteiger partial charge >= 0.3 is 6.18 Å². The van der Waals surface area contributed by atoms with E-state index in [1.807, 2.05) is 4.98 Å². The second-order valence-electron chi connectivity index (χ2n) is 5.55. The lowest BCUT2D eigenvalue weighted by Crippen LogP contribution is -2.48. The molecule has 1 fully saturated rings. The van der Waals surface area contributed by atoms with Gasteiger partial charge in [-0.3, -0.25) is 9.59 Å². The number of aromatic nitrogens is 1. The summed E-state index contributed by atoms with van der Waals surface area (Å²) in [6.45, 7) is 1.32. The molecule has 24 heavy (non-hydrogen) atoms. The molecule has 3 N–H and O–H groups in total. The highest BCUT2D eigenvalue weighted by Gasteiger charge is 2.40. The summed E-state index contributed by atoms with van der Waals surface area (Å²) in [6, 6.07) is 0.637. The summed E-state index contributed by atoms with van der Waals surface area (Å²) in [7, 11) is 1.45. The SMILES string of the molecule is COCC1(C(=O)Nc2cc(C(F)(F)F)c[nH]c2=O)CCNCC1.Cl. The van der Waals surface area contributed by atoms with Crippen molar-refractivity contribution in [1.82, 2.24) is 10.3 Å². The third-order valence-electron chi connectivity index (χ3n) is 3.94. The third-order valence-corrected chi connectivity index (χ3v) is 3.94. The lowest BCUT2D eigenvalue weighted by Gasteiger charge is -2.35. The number of aromatic amines is 1. The minimum absolute atomic E-state index is 0. The Balaban J connectivity index is 0.00000288. The molecule has 0 atom stereocenters. The highest BCUT2D eigenvalue weighted by molar-refractivity contribution is 5.95. The van der Waals surface area contributed by atoms with Gasteiger partial charge in [0.25, 0.3) is 5.56 Å². The lowest BCUT2D eigenvalue weighted by molar-refractivity contribution is -0.138. The van der Waals surface area contributed by atoms with Crippen LogP contribution < -0.4 is 16.2 Å². The van der Waals surface area contributed by atoms with Gasteiger partial charge in [0.2, 0.25) is 5.91 Å². The molecule has 0 aliphatic carbocycles. The van der Waals surface area contributed by atoms with Crippen LogP contribution in [0.5, 0.6) is 0 Å². The van der Waals surface area contributed by atoms with Crippen molar-refractivity contribution < 1.29 is 22.7 Å². The highest BCUT2D eigenvalue weighted by Crippen LogP contribution is 2.32. The molecule has 1 saturated heterocycles. The predicted molar refractivity (Wildman–Crippen MR) is 84.4 cm³/mol. The summed E-state index contributed by atoms with van der Waals surface area (Å²) in [5, 5.41) is 5.43. The number of methoxy groups -OCH3 is 1. The van der Waals surface area contributed by atoms with Crippen molar-refractivity contribution in [3.05, 3.63) is 28.2 Å². The van der Waals surface area contributed by atoms with Gasteiger partial charge in [-0.25, -0.2) is 0 Å². The molecule has 10 heteroatoms. The molecule has 0 spiro atoms. The van der Waals surface area contributed by atoms with Crippen LogP contribution in [0, 0.1) is 5.41 Å². The Kier molecular flexibility index (Phi) is 6.82. The number of hydrogen-bond donors (Lipinski definition) is 3. The van der Waals surface area contributed by atoms with Crippen molar-refractivity contribution in [2.24, 2.45) is 5.41 Å². The zero-order valence-corrected chi connectivity index (χ0v) is 13.8. The number of piperidine rings is 1. The van der Waals surface area contributed by atoms with Crippen LogP contribution in [0.3, 0.4) is 0 Å². The molecule has 0 unspecified atom stereocenters. The average molecular weight is 370 g/mol. The lowest BCUT2D eigenvalue weighted by atomic mass is 9.78. The van der Waals surface area contributed by atoms with E-state index in [-0.39, 0.29) is 19.0 Å². The van der Waals surface area contributed by atoms with Crippen LogP contribution in [0.2, 0.25) is 0 Å². The number of halogens is 4. The highest BCUT2D eigenvalue weighted by atomic mass is 35.5. The molecule has 0 aromatic carbocycles. The Hall–Kier alpha value is -1.58. The van der Waals surface area contributed by atoms with Crippen LogP contribution in [0.25, 0.3) is 0 Å². The summed E-state index contributed by atoms with van der Waals surface area (Å²) in [6.07, 6.45) is -3.08. The number of nitrogens with one attached hydrogen (secondary N) is 3. The number of alkyl halides is 3. The summed E-state index contributed by atoms with van der Waals surface area (Å²) in [5.74, 6) is -0.509. The Morgan fingerprint density at radius 3 is 2.54 bits per heavy atom. The van der Waals surface area contributed by atoms with Crippen LogP contribution >= 0.6 is 12.4 Å². The topological polar surface area (TPSA) is 83.2 Å². The number of hydrogen-bond acceptors (Lipinski definition) is 4. The number of pyridine rings is 1. The van der Waals surface area contributed by atoms with E-state index in [4.69, 9.17) is 4.74 Å². The molecule has 0 radical (unpaired) electrons. The van der Waals surface area contributed by atoms with E-state index in [1.165, 1.54) is 7.11 Å². The molecule has 1 aromatic rings. The van der Waals surface area contributed by atoms with E-state index >= 15 is 0 Å². The zero-order valence-electron chi connectivity index (χ0n) is 13.0. The summed E-state index contributed by atoms with van der Waals surface area (Å²) >= 11 is 0. The molecule has 1 aromatic heterocycles. The normalized spacial score (nSPS) is 17.0. The monoisotopic (exact) mass is 369 g/mol. The Bertz CT molecular complexity index is 622. The predicted octanol–water partition coefficient (Wildman–Crippen LogP) is 1.77. The Morgan fingerprint density at radius 1 is 1.38 bits per heavy atom. The smallest absolute Gasteiger partial charge is 0.384 e. The standard InChI is InChI=1S/C14H18F3N3O3.ClH/c1-23-8-13(2-4-18-5-3-13)12(22)20-10-6-9(14(15,16)17)7-19-11(10)21;/h6-7,18H,2-5,8H2,1H3,(H,19,21)(H,20,22);1H. The Labute approximate surface area is 142 Å². The Morgan fingerprint density at radius 2 is 2.00 bits per heavy atom. The molecule has 2 rings (SSSR count). The number of H-pyrrole nitrogens is 1. The van der Waals surface area contributed by atoms with Gasteiger partial charge in [0.1, 0.15) is 5.69 Å². The fourth-order valence-corrected chi connectivity index (χ4v) is 2.61. The average Bonchev–Trinajstić information content (AvgIpc) is 2.49. The van der Waals surface area contributed by atoms with Crippen molar-refractivity contribution in [3.8, 4) is 0 Å². The van der Waals surface area contributed by atoms with E-state index < -0.39 is 34.3 Å². The van der Waals surface area contributed by atoms with E-state index in [1.54, 1.807) is 0 Å². The number of rotatable bonds is 4. The van der Waals surface area contributed by atoms with Crippen molar-refractivity contribution >= 4 is 24.0 Å². The first-order chi connectivity index (χ1) is 10.8. The maximum Gasteiger partial charge on any atom is 0.417 e. The van der Waals surface area contributed by atoms with E-state index in [2.05, 4.69) is 10.6 Å². The molecular weight excluding hydrogens is 351 g/mol. The van der Waals surface area contributed by atoms with Gasteiger partial charge in [-0.2, -0.15) is 13.2 Å². The van der Waals surface area contributed by atoms with Crippen molar-refractivity contribution in [1.29, 1.82) is 0 Å². The third kappa shape index (κ3) is 4.49. The number of carbonyl (C=O) groups excluding carboxylic acids is 1. The van der Waals surface area contributed by atoms with Gasteiger partial charge in [-0.1, -0.05) is 0 Å². The molecule has 1 aliphatic rings. The van der Waals surface area contributed by atoms with E-state index in [0.717, 1.165) is 0 Å². The minimum Gasteiger partial charge on any atom is -0.384 e. The van der Waals surface area contributed by atoms with Gasteiger partial charge in [0, 0.05) is 13.3 Å². The molecule has 1 amide bonds. The largest absolute Gasteiger partial charge is 0.417 e. The summed E-state index contributed by atoms with van der Waals surface area (Å²) in [5.41, 5.74) is -3.09. The molecule has 2 heterocycles. The van der Waals surface area contributed by atoms with Crippen LogP contribution in [-0.2, 0) is 15.7 Å². The van der Waals surface area contributed by atoms with Gasteiger partial charge < -0.3 is 20.4 Å². The zero-order chi connectivity index (χ0) is 17.1. The van der Waals surface area contributed by atoms with Crippen LogP contribution in [-0.4, -0.2) is 37.7 Å². The molecule has 136 valence electrons. The van der Waals surface area contributed by atoms with Gasteiger partial charge in [-0.15, -0.1) is 12.4 Å². The number of amides is 1. The molecule has 6 nitrogen and oxygen atoms in total. The minimum atomic E-state index is -4.61. The maximum absolute atomic E-state index is 12.7. The first kappa shape index (κ1) is 20.5. The van der Waals surface area contributed by atoms with Gasteiger partial charge in [0.05, 0.1) is 17.6 Å². The van der Waals surface area contributed by atoms with E-state index in [0.29, 0.717) is 38.2 Å². The van der Waals surface area contributed by atoms with Crippen molar-refractivity contribution in [2.45, 2.75) is 19.0 Å². The van der Waals surface area contributed by atoms with E-state index in [9.17, 15) is 22.8 Å². The summed E-state index contributed by atoms with van der Waals surface area (Å²) < 4.78 is 43.3. The second-order valence-corrected chi connectivity index (χ2v) is 5.55. The molecule has 0 saturated carbocycles. The van der Waals surface area contributed by atoms with Gasteiger partial charge in [-0.05, 0) is 32.0 Å². The number of anilines is 1. The maximum atomic E-state index is 12.7. The van der Waals surface area contributed by atoms with Crippen LogP contribution in [0.15, 0.2) is 17.1 Å². The molecular formula is C14H19ClF3N3O3. The fraction of sp³-hybridized carbons (Fsp3) is 0.571. The fourth-order valence-electron chi connectivity index (χ4n) is 2.61. The molecule has 0 bridgehead atoms. The first-order valence-electron chi connectivity index (χ1n) is 7.09. The quantitative estimate of drug-likeness (QED) is 0.755. The van der Waals surface area contributed by atoms with Gasteiger partial charge in [0.15, 0.2) is 0 Å². The van der Waals surface area contributed by atoms with Crippen molar-refractivity contribution in [2.75, 3.05) is 32.1 Å². The van der Waals surface area contributed by atoms with Crippen LogP contribution in [0.1, 0.15) is 18.4 Å². The number of carbonyl (C=O) groups is 1.